The molecule has 4 rings (SSSR count). The van der Waals surface area contributed by atoms with Crippen molar-refractivity contribution in [3.05, 3.63) is 59.4 Å². The van der Waals surface area contributed by atoms with Crippen LogP contribution in [-0.4, -0.2) is 32.3 Å². The zero-order chi connectivity index (χ0) is 22.2. The summed E-state index contributed by atoms with van der Waals surface area (Å²) in [5, 5.41) is 7.39. The molecule has 0 bridgehead atoms. The maximum atomic E-state index is 14.0. The van der Waals surface area contributed by atoms with Crippen LogP contribution in [0, 0.1) is 5.82 Å². The van der Waals surface area contributed by atoms with Gasteiger partial charge in [0, 0.05) is 25.2 Å². The van der Waals surface area contributed by atoms with Crippen LogP contribution >= 0.6 is 0 Å². The van der Waals surface area contributed by atoms with Crippen molar-refractivity contribution >= 4 is 5.91 Å². The van der Waals surface area contributed by atoms with E-state index in [2.05, 4.69) is 10.3 Å². The van der Waals surface area contributed by atoms with Gasteiger partial charge in [0.15, 0.2) is 5.69 Å². The summed E-state index contributed by atoms with van der Waals surface area (Å²) in [5.74, 6) is -1.10. The van der Waals surface area contributed by atoms with Gasteiger partial charge >= 0.3 is 6.18 Å². The number of likely N-dealkylation sites (tertiary alicyclic amines) is 1. The Hall–Kier alpha value is -3.17. The van der Waals surface area contributed by atoms with Crippen LogP contribution < -0.4 is 0 Å². The molecule has 1 atom stereocenters. The van der Waals surface area contributed by atoms with Gasteiger partial charge in [-0.05, 0) is 31.0 Å². The fourth-order valence-corrected chi connectivity index (χ4v) is 3.90. The highest BCUT2D eigenvalue weighted by atomic mass is 19.4. The Kier molecular flexibility index (Phi) is 5.55. The molecular formula is C21H20F4N4O2. The summed E-state index contributed by atoms with van der Waals surface area (Å²) in [7, 11) is 1.43. The normalized spacial score (nSPS) is 17.6. The molecular weight excluding hydrogens is 416 g/mol. The molecule has 1 saturated heterocycles. The number of hydrogen-bond acceptors (Lipinski definition) is 4. The SMILES string of the molecule is Cn1nc(C(F)(F)F)cc1[C@H]1CCCCCN1C(=O)c1cc(-c2ccccc2F)no1. The first kappa shape index (κ1) is 21.1. The molecule has 0 aliphatic carbocycles. The number of aromatic nitrogens is 3. The zero-order valence-corrected chi connectivity index (χ0v) is 16.7. The third-order valence-electron chi connectivity index (χ3n) is 5.43. The fourth-order valence-electron chi connectivity index (χ4n) is 3.90. The predicted octanol–water partition coefficient (Wildman–Crippen LogP) is 4.99. The third kappa shape index (κ3) is 4.19. The van der Waals surface area contributed by atoms with Gasteiger partial charge in [0.2, 0.25) is 5.76 Å². The Balaban J connectivity index is 1.66. The average molecular weight is 436 g/mol. The highest BCUT2D eigenvalue weighted by Gasteiger charge is 2.38. The summed E-state index contributed by atoms with van der Waals surface area (Å²) in [5.41, 5.74) is -0.327. The lowest BCUT2D eigenvalue weighted by atomic mass is 10.1. The van der Waals surface area contributed by atoms with Crippen LogP contribution in [0.3, 0.4) is 0 Å². The van der Waals surface area contributed by atoms with E-state index in [1.54, 1.807) is 6.07 Å². The van der Waals surface area contributed by atoms with Crippen LogP contribution in [0.15, 0.2) is 40.9 Å². The number of aryl methyl sites for hydroxylation is 1. The topological polar surface area (TPSA) is 64.2 Å². The highest BCUT2D eigenvalue weighted by molar-refractivity contribution is 5.92. The minimum Gasteiger partial charge on any atom is -0.350 e. The Morgan fingerprint density at radius 1 is 1.16 bits per heavy atom. The first-order valence-corrected chi connectivity index (χ1v) is 9.89. The van der Waals surface area contributed by atoms with Gasteiger partial charge in [0.25, 0.3) is 5.91 Å². The van der Waals surface area contributed by atoms with Crippen LogP contribution in [0.4, 0.5) is 17.6 Å². The van der Waals surface area contributed by atoms with Crippen molar-refractivity contribution in [3.8, 4) is 11.3 Å². The van der Waals surface area contributed by atoms with E-state index >= 15 is 0 Å². The van der Waals surface area contributed by atoms with E-state index in [4.69, 9.17) is 4.52 Å². The van der Waals surface area contributed by atoms with E-state index in [1.165, 1.54) is 40.9 Å². The standard InChI is InChI=1S/C21H20F4N4O2/c1-28-17(12-19(26-28)21(23,24)25)16-9-3-2-6-10-29(16)20(30)18-11-15(27-31-18)13-7-4-5-8-14(13)22/h4-5,7-8,11-12,16H,2-3,6,9-10H2,1H3/t16-/m1/s1. The molecule has 0 unspecified atom stereocenters. The molecule has 2 aromatic heterocycles. The van der Waals surface area contributed by atoms with Crippen molar-refractivity contribution in [1.29, 1.82) is 0 Å². The molecule has 164 valence electrons. The molecule has 1 amide bonds. The maximum absolute atomic E-state index is 14.0. The quantitative estimate of drug-likeness (QED) is 0.543. The van der Waals surface area contributed by atoms with Gasteiger partial charge in [-0.15, -0.1) is 0 Å². The summed E-state index contributed by atoms with van der Waals surface area (Å²) in [6.45, 7) is 0.353. The Morgan fingerprint density at radius 2 is 1.94 bits per heavy atom. The monoisotopic (exact) mass is 436 g/mol. The Bertz CT molecular complexity index is 1090. The number of nitrogens with zero attached hydrogens (tertiary/aromatic N) is 4. The smallest absolute Gasteiger partial charge is 0.350 e. The number of halogens is 4. The molecule has 1 aliphatic rings. The lowest BCUT2D eigenvalue weighted by molar-refractivity contribution is -0.141. The van der Waals surface area contributed by atoms with Gasteiger partial charge in [-0.25, -0.2) is 4.39 Å². The van der Waals surface area contributed by atoms with Gasteiger partial charge in [-0.1, -0.05) is 30.1 Å². The largest absolute Gasteiger partial charge is 0.435 e. The Morgan fingerprint density at radius 3 is 2.65 bits per heavy atom. The molecule has 31 heavy (non-hydrogen) atoms. The van der Waals surface area contributed by atoms with Gasteiger partial charge in [0.1, 0.15) is 11.5 Å². The lowest BCUT2D eigenvalue weighted by Crippen LogP contribution is -2.35. The van der Waals surface area contributed by atoms with Crippen molar-refractivity contribution in [2.75, 3.05) is 6.54 Å². The molecule has 1 aromatic carbocycles. The lowest BCUT2D eigenvalue weighted by Gasteiger charge is -2.29. The minimum atomic E-state index is -4.57. The van der Waals surface area contributed by atoms with E-state index in [0.717, 1.165) is 18.9 Å². The van der Waals surface area contributed by atoms with E-state index in [-0.39, 0.29) is 17.0 Å². The van der Waals surface area contributed by atoms with Gasteiger partial charge in [-0.2, -0.15) is 18.3 Å². The first-order valence-electron chi connectivity index (χ1n) is 9.89. The van der Waals surface area contributed by atoms with Crippen LogP contribution in [-0.2, 0) is 13.2 Å². The van der Waals surface area contributed by atoms with E-state index in [0.29, 0.717) is 25.1 Å². The molecule has 3 aromatic rings. The van der Waals surface area contributed by atoms with Crippen molar-refractivity contribution in [2.45, 2.75) is 37.9 Å². The number of rotatable bonds is 3. The summed E-state index contributed by atoms with van der Waals surface area (Å²) >= 11 is 0. The number of benzene rings is 1. The fraction of sp³-hybridized carbons (Fsp3) is 0.381. The molecule has 0 spiro atoms. The molecule has 0 N–H and O–H groups in total. The van der Waals surface area contributed by atoms with Crippen LogP contribution in [0.5, 0.6) is 0 Å². The van der Waals surface area contributed by atoms with Crippen molar-refractivity contribution < 1.29 is 26.9 Å². The average Bonchev–Trinajstić information content (AvgIpc) is 3.28. The highest BCUT2D eigenvalue weighted by Crippen LogP contribution is 2.35. The second-order valence-corrected chi connectivity index (χ2v) is 7.50. The van der Waals surface area contributed by atoms with Crippen molar-refractivity contribution in [1.82, 2.24) is 19.8 Å². The molecule has 6 nitrogen and oxygen atoms in total. The summed E-state index contributed by atoms with van der Waals surface area (Å²) in [6.07, 6.45) is -1.76. The maximum Gasteiger partial charge on any atom is 0.435 e. The van der Waals surface area contributed by atoms with Crippen LogP contribution in [0.25, 0.3) is 11.3 Å². The number of amides is 1. The number of carbonyl (C=O) groups is 1. The zero-order valence-electron chi connectivity index (χ0n) is 16.7. The summed E-state index contributed by atoms with van der Waals surface area (Å²) < 4.78 is 59.8. The van der Waals surface area contributed by atoms with Gasteiger partial charge in [0.05, 0.1) is 11.7 Å². The van der Waals surface area contributed by atoms with Crippen molar-refractivity contribution in [2.24, 2.45) is 7.05 Å². The molecule has 1 aliphatic heterocycles. The summed E-state index contributed by atoms with van der Waals surface area (Å²) in [6, 6.07) is 7.72. The predicted molar refractivity (Wildman–Crippen MR) is 102 cm³/mol. The molecule has 0 saturated carbocycles. The van der Waals surface area contributed by atoms with Crippen LogP contribution in [0.1, 0.15) is 53.7 Å². The van der Waals surface area contributed by atoms with Crippen LogP contribution in [0.2, 0.25) is 0 Å². The third-order valence-corrected chi connectivity index (χ3v) is 5.43. The van der Waals surface area contributed by atoms with Crippen molar-refractivity contribution in [3.63, 3.8) is 0 Å². The van der Waals surface area contributed by atoms with Gasteiger partial charge in [-0.3, -0.25) is 9.48 Å². The first-order chi connectivity index (χ1) is 14.8. The van der Waals surface area contributed by atoms with E-state index in [1.807, 2.05) is 0 Å². The van der Waals surface area contributed by atoms with Gasteiger partial charge < -0.3 is 9.42 Å². The van der Waals surface area contributed by atoms with E-state index < -0.39 is 29.6 Å². The molecule has 1 fully saturated rings. The second-order valence-electron chi connectivity index (χ2n) is 7.50. The number of carbonyl (C=O) groups excluding carboxylic acids is 1. The minimum absolute atomic E-state index is 0.0941. The second kappa shape index (κ2) is 8.16. The Labute approximate surface area is 175 Å². The molecule has 0 radical (unpaired) electrons. The number of hydrogen-bond donors (Lipinski definition) is 0. The summed E-state index contributed by atoms with van der Waals surface area (Å²) in [4.78, 5) is 14.7. The molecule has 3 heterocycles. The number of alkyl halides is 3. The molecule has 10 heteroatoms. The van der Waals surface area contributed by atoms with E-state index in [9.17, 15) is 22.4 Å².